The third-order valence-corrected chi connectivity index (χ3v) is 4.98. The molecule has 6 nitrogen and oxygen atoms in total. The highest BCUT2D eigenvalue weighted by molar-refractivity contribution is 7.99. The van der Waals surface area contributed by atoms with E-state index in [0.717, 1.165) is 5.69 Å². The molecule has 0 spiro atoms. The summed E-state index contributed by atoms with van der Waals surface area (Å²) in [5.74, 6) is -0.0539. The summed E-state index contributed by atoms with van der Waals surface area (Å²) in [4.78, 5) is 12.1. The summed E-state index contributed by atoms with van der Waals surface area (Å²) in [7, 11) is 0. The van der Waals surface area contributed by atoms with E-state index >= 15 is 0 Å². The molecule has 0 fully saturated rings. The average molecular weight is 376 g/mol. The molecule has 2 heterocycles. The Morgan fingerprint density at radius 2 is 2.33 bits per heavy atom. The minimum atomic E-state index is -0.209. The first-order valence-corrected chi connectivity index (χ1v) is 8.98. The molecule has 0 saturated carbocycles. The minimum Gasteiger partial charge on any atom is -0.316 e. The van der Waals surface area contributed by atoms with Crippen molar-refractivity contribution in [2.24, 2.45) is 0 Å². The Kier molecular flexibility index (Phi) is 5.15. The molecule has 24 heavy (non-hydrogen) atoms. The van der Waals surface area contributed by atoms with Crippen molar-refractivity contribution in [3.63, 3.8) is 0 Å². The molecule has 3 rings (SSSR count). The SMILES string of the molecule is N#Cc1ccsc1NC(=O)CSc1nncn1-c1cccc(Cl)c1. The highest BCUT2D eigenvalue weighted by atomic mass is 35.5. The Bertz CT molecular complexity index is 914. The van der Waals surface area contributed by atoms with Crippen LogP contribution in [-0.4, -0.2) is 26.4 Å². The van der Waals surface area contributed by atoms with Gasteiger partial charge in [0.05, 0.1) is 17.0 Å². The second-order valence-corrected chi connectivity index (χ2v) is 6.87. The summed E-state index contributed by atoms with van der Waals surface area (Å²) in [6.07, 6.45) is 1.57. The summed E-state index contributed by atoms with van der Waals surface area (Å²) in [5, 5.41) is 23.1. The molecule has 1 N–H and O–H groups in total. The fourth-order valence-corrected chi connectivity index (χ4v) is 3.58. The van der Waals surface area contributed by atoms with Gasteiger partial charge in [0.25, 0.3) is 0 Å². The van der Waals surface area contributed by atoms with Crippen LogP contribution in [0, 0.1) is 11.3 Å². The molecule has 120 valence electrons. The van der Waals surface area contributed by atoms with E-state index in [0.29, 0.717) is 20.7 Å². The van der Waals surface area contributed by atoms with Gasteiger partial charge in [0.2, 0.25) is 5.91 Å². The molecular weight excluding hydrogens is 366 g/mol. The van der Waals surface area contributed by atoms with Gasteiger partial charge in [-0.25, -0.2) is 0 Å². The van der Waals surface area contributed by atoms with Crippen LogP contribution in [0.5, 0.6) is 0 Å². The maximum absolute atomic E-state index is 12.1. The number of nitriles is 1. The van der Waals surface area contributed by atoms with Gasteiger partial charge < -0.3 is 5.32 Å². The number of rotatable bonds is 5. The predicted octanol–water partition coefficient (Wildman–Crippen LogP) is 3.58. The Labute approximate surface area is 151 Å². The molecule has 0 atom stereocenters. The van der Waals surface area contributed by atoms with Gasteiger partial charge in [0.1, 0.15) is 17.4 Å². The van der Waals surface area contributed by atoms with Crippen molar-refractivity contribution in [2.75, 3.05) is 11.1 Å². The van der Waals surface area contributed by atoms with Crippen molar-refractivity contribution >= 4 is 45.6 Å². The third-order valence-electron chi connectivity index (χ3n) is 2.97. The minimum absolute atomic E-state index is 0.155. The van der Waals surface area contributed by atoms with Gasteiger partial charge in [-0.15, -0.1) is 21.5 Å². The van der Waals surface area contributed by atoms with Crippen LogP contribution < -0.4 is 5.32 Å². The van der Waals surface area contributed by atoms with E-state index in [1.807, 2.05) is 18.2 Å². The summed E-state index contributed by atoms with van der Waals surface area (Å²) in [6.45, 7) is 0. The van der Waals surface area contributed by atoms with E-state index in [1.54, 1.807) is 34.5 Å². The van der Waals surface area contributed by atoms with Gasteiger partial charge in [-0.1, -0.05) is 29.4 Å². The number of thioether (sulfide) groups is 1. The Morgan fingerprint density at radius 1 is 1.46 bits per heavy atom. The topological polar surface area (TPSA) is 83.6 Å². The van der Waals surface area contributed by atoms with Crippen LogP contribution >= 0.6 is 34.7 Å². The number of hydrogen-bond donors (Lipinski definition) is 1. The van der Waals surface area contributed by atoms with E-state index in [4.69, 9.17) is 16.9 Å². The number of hydrogen-bond acceptors (Lipinski definition) is 6. The number of nitrogens with one attached hydrogen (secondary N) is 1. The van der Waals surface area contributed by atoms with E-state index in [1.165, 1.54) is 23.1 Å². The smallest absolute Gasteiger partial charge is 0.235 e. The zero-order valence-electron chi connectivity index (χ0n) is 12.1. The molecular formula is C15H10ClN5OS2. The quantitative estimate of drug-likeness (QED) is 0.689. The van der Waals surface area contributed by atoms with E-state index < -0.39 is 0 Å². The van der Waals surface area contributed by atoms with Crippen molar-refractivity contribution in [1.82, 2.24) is 14.8 Å². The van der Waals surface area contributed by atoms with Crippen LogP contribution in [0.15, 0.2) is 47.2 Å². The first-order valence-electron chi connectivity index (χ1n) is 6.73. The van der Waals surface area contributed by atoms with Gasteiger partial charge in [-0.3, -0.25) is 9.36 Å². The number of thiophene rings is 1. The molecule has 3 aromatic rings. The predicted molar refractivity (Wildman–Crippen MR) is 94.8 cm³/mol. The lowest BCUT2D eigenvalue weighted by atomic mass is 10.3. The number of benzene rings is 1. The lowest BCUT2D eigenvalue weighted by Crippen LogP contribution is -2.14. The normalized spacial score (nSPS) is 10.3. The highest BCUT2D eigenvalue weighted by Crippen LogP contribution is 2.24. The molecule has 0 unspecified atom stereocenters. The molecule has 1 amide bonds. The zero-order valence-corrected chi connectivity index (χ0v) is 14.5. The monoisotopic (exact) mass is 375 g/mol. The van der Waals surface area contributed by atoms with Gasteiger partial charge in [-0.2, -0.15) is 5.26 Å². The molecule has 9 heteroatoms. The van der Waals surface area contributed by atoms with Gasteiger partial charge in [0.15, 0.2) is 5.16 Å². The van der Waals surface area contributed by atoms with Crippen molar-refractivity contribution in [3.05, 3.63) is 52.6 Å². The van der Waals surface area contributed by atoms with Crippen LogP contribution in [0.1, 0.15) is 5.56 Å². The summed E-state index contributed by atoms with van der Waals surface area (Å²) in [6, 6.07) is 11.0. The number of carbonyl (C=O) groups is 1. The van der Waals surface area contributed by atoms with Crippen LogP contribution in [-0.2, 0) is 4.79 Å². The molecule has 0 bridgehead atoms. The highest BCUT2D eigenvalue weighted by Gasteiger charge is 2.12. The van der Waals surface area contributed by atoms with Crippen molar-refractivity contribution in [1.29, 1.82) is 5.26 Å². The van der Waals surface area contributed by atoms with Gasteiger partial charge in [0, 0.05) is 5.02 Å². The maximum Gasteiger partial charge on any atom is 0.235 e. The number of amides is 1. The van der Waals surface area contributed by atoms with Crippen LogP contribution in [0.2, 0.25) is 5.02 Å². The Hall–Kier alpha value is -2.34. The van der Waals surface area contributed by atoms with Gasteiger partial charge >= 0.3 is 0 Å². The van der Waals surface area contributed by atoms with Crippen LogP contribution in [0.3, 0.4) is 0 Å². The largest absolute Gasteiger partial charge is 0.316 e. The van der Waals surface area contributed by atoms with Crippen molar-refractivity contribution in [3.8, 4) is 11.8 Å². The molecule has 0 aliphatic rings. The molecule has 0 aliphatic heterocycles. The van der Waals surface area contributed by atoms with E-state index in [-0.39, 0.29) is 11.7 Å². The van der Waals surface area contributed by atoms with E-state index in [9.17, 15) is 4.79 Å². The fraction of sp³-hybridized carbons (Fsp3) is 0.0667. The second kappa shape index (κ2) is 7.49. The van der Waals surface area contributed by atoms with E-state index in [2.05, 4.69) is 15.5 Å². The number of nitrogens with zero attached hydrogens (tertiary/aromatic N) is 4. The number of carbonyl (C=O) groups excluding carboxylic acids is 1. The summed E-state index contributed by atoms with van der Waals surface area (Å²) >= 11 is 8.57. The lowest BCUT2D eigenvalue weighted by Gasteiger charge is -2.06. The fourth-order valence-electron chi connectivity index (χ4n) is 1.91. The number of aromatic nitrogens is 3. The molecule has 0 radical (unpaired) electrons. The lowest BCUT2D eigenvalue weighted by molar-refractivity contribution is -0.113. The number of anilines is 1. The van der Waals surface area contributed by atoms with Crippen LogP contribution in [0.4, 0.5) is 5.00 Å². The van der Waals surface area contributed by atoms with Crippen LogP contribution in [0.25, 0.3) is 5.69 Å². The standard InChI is InChI=1S/C15H10ClN5OS2/c16-11-2-1-3-12(6-11)21-9-18-20-15(21)24-8-13(22)19-14-10(7-17)4-5-23-14/h1-6,9H,8H2,(H,19,22). The van der Waals surface area contributed by atoms with Crippen molar-refractivity contribution < 1.29 is 4.79 Å². The zero-order chi connectivity index (χ0) is 16.9. The first-order chi connectivity index (χ1) is 11.7. The Morgan fingerprint density at radius 3 is 3.12 bits per heavy atom. The van der Waals surface area contributed by atoms with Gasteiger partial charge in [-0.05, 0) is 29.6 Å². The third kappa shape index (κ3) is 3.76. The van der Waals surface area contributed by atoms with Crippen molar-refractivity contribution in [2.45, 2.75) is 5.16 Å². The average Bonchev–Trinajstić information content (AvgIpc) is 3.21. The molecule has 0 aliphatic carbocycles. The summed E-state index contributed by atoms with van der Waals surface area (Å²) in [5.41, 5.74) is 1.28. The number of halogens is 1. The first kappa shape index (κ1) is 16.5. The Balaban J connectivity index is 1.67. The molecule has 1 aromatic carbocycles. The second-order valence-electron chi connectivity index (χ2n) is 4.58. The maximum atomic E-state index is 12.1. The molecule has 0 saturated heterocycles. The molecule has 2 aromatic heterocycles. The summed E-state index contributed by atoms with van der Waals surface area (Å²) < 4.78 is 1.76.